The van der Waals surface area contributed by atoms with Crippen molar-refractivity contribution in [1.29, 1.82) is 0 Å². The van der Waals surface area contributed by atoms with Crippen LogP contribution >= 0.6 is 11.3 Å². The first kappa shape index (κ1) is 20.9. The van der Waals surface area contributed by atoms with Crippen LogP contribution in [0, 0.1) is 0 Å². The Bertz CT molecular complexity index is 892. The quantitative estimate of drug-likeness (QED) is 0.735. The third-order valence-corrected chi connectivity index (χ3v) is 7.52. The normalized spacial score (nSPS) is 16.8. The molecule has 1 atom stereocenters. The number of sulfonamides is 1. The fourth-order valence-electron chi connectivity index (χ4n) is 3.04. The van der Waals surface area contributed by atoms with Crippen LogP contribution in [0.15, 0.2) is 46.7 Å². The molecule has 0 radical (unpaired) electrons. The van der Waals surface area contributed by atoms with E-state index in [9.17, 15) is 13.2 Å². The summed E-state index contributed by atoms with van der Waals surface area (Å²) in [6.45, 7) is 1.85. The van der Waals surface area contributed by atoms with Gasteiger partial charge in [-0.3, -0.25) is 4.79 Å². The smallest absolute Gasteiger partial charge is 0.251 e. The molecule has 1 saturated heterocycles. The highest BCUT2D eigenvalue weighted by atomic mass is 32.2. The third-order valence-electron chi connectivity index (χ3n) is 4.65. The number of rotatable bonds is 7. The van der Waals surface area contributed by atoms with Crippen molar-refractivity contribution >= 4 is 27.3 Å². The van der Waals surface area contributed by atoms with Crippen LogP contribution in [0.1, 0.15) is 21.3 Å². The zero-order chi connectivity index (χ0) is 20.1. The highest BCUT2D eigenvalue weighted by molar-refractivity contribution is 7.89. The summed E-state index contributed by atoms with van der Waals surface area (Å²) in [5, 5.41) is 4.93. The zero-order valence-corrected chi connectivity index (χ0v) is 17.6. The maximum absolute atomic E-state index is 12.8. The molecular formula is C19H25N3O4S2. The van der Waals surface area contributed by atoms with Crippen LogP contribution in [-0.4, -0.2) is 70.5 Å². The summed E-state index contributed by atoms with van der Waals surface area (Å²) in [5.74, 6) is -0.289. The number of ether oxygens (including phenoxy) is 1. The monoisotopic (exact) mass is 423 g/mol. The Kier molecular flexibility index (Phi) is 6.84. The number of carbonyl (C=O) groups is 1. The van der Waals surface area contributed by atoms with Gasteiger partial charge in [0.2, 0.25) is 10.0 Å². The molecule has 0 spiro atoms. The van der Waals surface area contributed by atoms with Gasteiger partial charge in [-0.2, -0.15) is 4.31 Å². The molecule has 1 aliphatic heterocycles. The molecule has 0 aliphatic carbocycles. The second-order valence-electron chi connectivity index (χ2n) is 6.75. The van der Waals surface area contributed by atoms with Crippen LogP contribution in [0.4, 0.5) is 0 Å². The molecule has 152 valence electrons. The van der Waals surface area contributed by atoms with Crippen molar-refractivity contribution in [3.8, 4) is 0 Å². The summed E-state index contributed by atoms with van der Waals surface area (Å²) in [4.78, 5) is 16.0. The summed E-state index contributed by atoms with van der Waals surface area (Å²) < 4.78 is 32.2. The fourth-order valence-corrected chi connectivity index (χ4v) is 5.42. The van der Waals surface area contributed by atoms with Crippen molar-refractivity contribution in [3.05, 3.63) is 52.2 Å². The molecule has 1 aromatic carbocycles. The number of thiophene rings is 1. The van der Waals surface area contributed by atoms with Crippen molar-refractivity contribution in [1.82, 2.24) is 14.5 Å². The molecule has 1 N–H and O–H groups in total. The molecule has 9 heteroatoms. The summed E-state index contributed by atoms with van der Waals surface area (Å²) in [6.07, 6.45) is 0. The standard InChI is InChI=1S/C19H25N3O4S2/c1-21(2)17(18-7-4-12-27-18)14-20-19(23)15-5-3-6-16(13-15)28(24,25)22-8-10-26-11-9-22/h3-7,12-13,17H,8-11,14H2,1-2H3,(H,20,23)/t17-/m0/s1. The number of nitrogens with one attached hydrogen (secondary N) is 1. The Labute approximate surface area is 170 Å². The molecule has 3 rings (SSSR count). The van der Waals surface area contributed by atoms with Gasteiger partial charge in [0, 0.05) is 30.1 Å². The summed E-state index contributed by atoms with van der Waals surface area (Å²) >= 11 is 1.64. The average Bonchev–Trinajstić information content (AvgIpc) is 3.23. The summed E-state index contributed by atoms with van der Waals surface area (Å²) in [6, 6.07) is 10.3. The number of amides is 1. The van der Waals surface area contributed by atoms with Gasteiger partial charge in [0.1, 0.15) is 0 Å². The first-order chi connectivity index (χ1) is 13.4. The van der Waals surface area contributed by atoms with Gasteiger partial charge in [-0.15, -0.1) is 11.3 Å². The summed E-state index contributed by atoms with van der Waals surface area (Å²) in [5.41, 5.74) is 0.332. The Morgan fingerprint density at radius 1 is 1.25 bits per heavy atom. The Morgan fingerprint density at radius 3 is 2.64 bits per heavy atom. The topological polar surface area (TPSA) is 79.0 Å². The first-order valence-corrected chi connectivity index (χ1v) is 11.4. The van der Waals surface area contributed by atoms with Gasteiger partial charge in [0.25, 0.3) is 5.91 Å². The molecule has 2 heterocycles. The van der Waals surface area contributed by atoms with Gasteiger partial charge in [-0.1, -0.05) is 12.1 Å². The number of morpholine rings is 1. The molecule has 1 aromatic heterocycles. The van der Waals surface area contributed by atoms with Gasteiger partial charge >= 0.3 is 0 Å². The lowest BCUT2D eigenvalue weighted by Crippen LogP contribution is -2.40. The van der Waals surface area contributed by atoms with Gasteiger partial charge in [-0.05, 0) is 43.7 Å². The van der Waals surface area contributed by atoms with E-state index in [2.05, 4.69) is 5.32 Å². The minimum absolute atomic E-state index is 0.0595. The maximum atomic E-state index is 12.8. The predicted octanol–water partition coefficient (Wildman–Crippen LogP) is 1.80. The minimum Gasteiger partial charge on any atom is -0.379 e. The Morgan fingerprint density at radius 2 is 2.00 bits per heavy atom. The van der Waals surface area contributed by atoms with Crippen LogP contribution in [0.2, 0.25) is 0 Å². The van der Waals surface area contributed by atoms with E-state index in [1.54, 1.807) is 23.5 Å². The molecular weight excluding hydrogens is 398 g/mol. The molecule has 1 amide bonds. The first-order valence-electron chi connectivity index (χ1n) is 9.05. The molecule has 1 aliphatic rings. The van der Waals surface area contributed by atoms with Crippen LogP contribution in [0.25, 0.3) is 0 Å². The lowest BCUT2D eigenvalue weighted by Gasteiger charge is -2.26. The Balaban J connectivity index is 1.71. The van der Waals surface area contributed by atoms with Gasteiger partial charge in [0.05, 0.1) is 24.2 Å². The Hall–Kier alpha value is -1.78. The van der Waals surface area contributed by atoms with E-state index in [1.807, 2.05) is 36.5 Å². The lowest BCUT2D eigenvalue weighted by molar-refractivity contribution is 0.0730. The summed E-state index contributed by atoms with van der Waals surface area (Å²) in [7, 11) is 0.297. The molecule has 0 bridgehead atoms. The van der Waals surface area contributed by atoms with E-state index in [-0.39, 0.29) is 16.8 Å². The van der Waals surface area contributed by atoms with E-state index < -0.39 is 10.0 Å². The van der Waals surface area contributed by atoms with Gasteiger partial charge in [-0.25, -0.2) is 8.42 Å². The zero-order valence-electron chi connectivity index (χ0n) is 16.0. The van der Waals surface area contributed by atoms with E-state index in [0.717, 1.165) is 4.88 Å². The molecule has 7 nitrogen and oxygen atoms in total. The van der Waals surface area contributed by atoms with E-state index in [0.29, 0.717) is 38.4 Å². The number of hydrogen-bond donors (Lipinski definition) is 1. The predicted molar refractivity (Wildman–Crippen MR) is 109 cm³/mol. The van der Waals surface area contributed by atoms with Crippen molar-refractivity contribution in [2.24, 2.45) is 0 Å². The van der Waals surface area contributed by atoms with E-state index >= 15 is 0 Å². The van der Waals surface area contributed by atoms with Crippen molar-refractivity contribution < 1.29 is 17.9 Å². The van der Waals surface area contributed by atoms with Crippen LogP contribution < -0.4 is 5.32 Å². The molecule has 0 saturated carbocycles. The number of nitrogens with zero attached hydrogens (tertiary/aromatic N) is 2. The second kappa shape index (κ2) is 9.15. The highest BCUT2D eigenvalue weighted by Crippen LogP contribution is 2.23. The van der Waals surface area contributed by atoms with Crippen molar-refractivity contribution in [3.63, 3.8) is 0 Å². The maximum Gasteiger partial charge on any atom is 0.251 e. The van der Waals surface area contributed by atoms with Crippen molar-refractivity contribution in [2.45, 2.75) is 10.9 Å². The van der Waals surface area contributed by atoms with Gasteiger partial charge in [0.15, 0.2) is 0 Å². The fraction of sp³-hybridized carbons (Fsp3) is 0.421. The van der Waals surface area contributed by atoms with Gasteiger partial charge < -0.3 is 15.0 Å². The van der Waals surface area contributed by atoms with E-state index in [4.69, 9.17) is 4.74 Å². The number of carbonyl (C=O) groups excluding carboxylic acids is 1. The lowest BCUT2D eigenvalue weighted by atomic mass is 10.2. The number of hydrogen-bond acceptors (Lipinski definition) is 6. The van der Waals surface area contributed by atoms with Crippen molar-refractivity contribution in [2.75, 3.05) is 46.9 Å². The van der Waals surface area contributed by atoms with Crippen LogP contribution in [-0.2, 0) is 14.8 Å². The SMILES string of the molecule is CN(C)[C@@H](CNC(=O)c1cccc(S(=O)(=O)N2CCOCC2)c1)c1cccs1. The van der Waals surface area contributed by atoms with Crippen LogP contribution in [0.5, 0.6) is 0 Å². The number of benzene rings is 1. The average molecular weight is 424 g/mol. The highest BCUT2D eigenvalue weighted by Gasteiger charge is 2.27. The minimum atomic E-state index is -3.63. The molecule has 0 unspecified atom stereocenters. The third kappa shape index (κ3) is 4.79. The molecule has 1 fully saturated rings. The number of likely N-dealkylation sites (N-methyl/N-ethyl adjacent to an activating group) is 1. The molecule has 2 aromatic rings. The second-order valence-corrected chi connectivity index (χ2v) is 9.67. The largest absolute Gasteiger partial charge is 0.379 e. The van der Waals surface area contributed by atoms with Crippen LogP contribution in [0.3, 0.4) is 0 Å². The van der Waals surface area contributed by atoms with E-state index in [1.165, 1.54) is 16.4 Å². The molecule has 28 heavy (non-hydrogen) atoms.